The van der Waals surface area contributed by atoms with Gasteiger partial charge in [-0.1, -0.05) is 0 Å². The van der Waals surface area contributed by atoms with Crippen LogP contribution in [-0.4, -0.2) is 61.2 Å². The van der Waals surface area contributed by atoms with Gasteiger partial charge in [0.25, 0.3) is 6.43 Å². The Balaban J connectivity index is 1.80. The molecule has 1 unspecified atom stereocenters. The maximum Gasteiger partial charge on any atom is 0.251 e. The summed E-state index contributed by atoms with van der Waals surface area (Å²) < 4.78 is 36.3. The molecule has 6 heteroatoms. The highest BCUT2D eigenvalue weighted by atomic mass is 19.3. The summed E-state index contributed by atoms with van der Waals surface area (Å²) in [6.45, 7) is 0.661. The average Bonchev–Trinajstić information content (AvgIpc) is 2.90. The van der Waals surface area contributed by atoms with E-state index in [2.05, 4.69) is 0 Å². The Bertz CT molecular complexity index is 260. The number of rotatable bonds is 6. The van der Waals surface area contributed by atoms with E-state index in [1.54, 1.807) is 0 Å². The van der Waals surface area contributed by atoms with Gasteiger partial charge in [-0.3, -0.25) is 4.90 Å². The van der Waals surface area contributed by atoms with Crippen molar-refractivity contribution in [2.45, 2.75) is 44.0 Å². The van der Waals surface area contributed by atoms with Gasteiger partial charge in [-0.2, -0.15) is 0 Å². The van der Waals surface area contributed by atoms with Crippen molar-refractivity contribution in [3.63, 3.8) is 0 Å². The molecule has 1 aliphatic heterocycles. The Morgan fingerprint density at radius 3 is 2.67 bits per heavy atom. The zero-order valence-corrected chi connectivity index (χ0v) is 10.5. The van der Waals surface area contributed by atoms with Crippen LogP contribution in [0.4, 0.5) is 8.78 Å². The highest BCUT2D eigenvalue weighted by molar-refractivity contribution is 4.85. The molecule has 18 heavy (non-hydrogen) atoms. The smallest absolute Gasteiger partial charge is 0.251 e. The highest BCUT2D eigenvalue weighted by Gasteiger charge is 2.43. The SMILES string of the molecule is OCCN(CC(F)F)CC1COC2(CCCC2)O1. The quantitative estimate of drug-likeness (QED) is 0.784. The van der Waals surface area contributed by atoms with Gasteiger partial charge in [-0.05, 0) is 12.8 Å². The fraction of sp³-hybridized carbons (Fsp3) is 1.00. The van der Waals surface area contributed by atoms with E-state index in [1.807, 2.05) is 0 Å². The van der Waals surface area contributed by atoms with Crippen molar-refractivity contribution in [2.24, 2.45) is 0 Å². The number of hydrogen-bond donors (Lipinski definition) is 1. The first-order chi connectivity index (χ1) is 8.63. The molecule has 0 radical (unpaired) electrons. The fourth-order valence-corrected chi connectivity index (χ4v) is 2.76. The Morgan fingerprint density at radius 2 is 2.06 bits per heavy atom. The summed E-state index contributed by atoms with van der Waals surface area (Å²) in [6.07, 6.45) is 1.46. The van der Waals surface area contributed by atoms with Crippen molar-refractivity contribution in [1.29, 1.82) is 0 Å². The van der Waals surface area contributed by atoms with Crippen molar-refractivity contribution < 1.29 is 23.4 Å². The number of nitrogens with zero attached hydrogens (tertiary/aromatic N) is 1. The molecule has 1 aliphatic carbocycles. The molecule has 1 saturated heterocycles. The molecule has 0 aromatic heterocycles. The standard InChI is InChI=1S/C12H21F2NO3/c13-11(14)8-15(5-6-16)7-10-9-17-12(18-10)3-1-2-4-12/h10-11,16H,1-9H2. The van der Waals surface area contributed by atoms with E-state index in [4.69, 9.17) is 14.6 Å². The second-order valence-corrected chi connectivity index (χ2v) is 5.04. The third kappa shape index (κ3) is 3.60. The Morgan fingerprint density at radius 1 is 1.33 bits per heavy atom. The molecule has 106 valence electrons. The first-order valence-electron chi connectivity index (χ1n) is 6.57. The Hall–Kier alpha value is -0.300. The number of hydrogen-bond acceptors (Lipinski definition) is 4. The highest BCUT2D eigenvalue weighted by Crippen LogP contribution is 2.39. The zero-order chi connectivity index (χ0) is 13.0. The van der Waals surface area contributed by atoms with Crippen LogP contribution in [0.2, 0.25) is 0 Å². The third-order valence-corrected chi connectivity index (χ3v) is 3.55. The van der Waals surface area contributed by atoms with Gasteiger partial charge in [-0.25, -0.2) is 8.78 Å². The van der Waals surface area contributed by atoms with Crippen molar-refractivity contribution >= 4 is 0 Å². The summed E-state index contributed by atoms with van der Waals surface area (Å²) in [6, 6.07) is 0. The van der Waals surface area contributed by atoms with E-state index < -0.39 is 12.2 Å². The van der Waals surface area contributed by atoms with Crippen LogP contribution in [0.1, 0.15) is 25.7 Å². The minimum absolute atomic E-state index is 0.120. The molecule has 2 aliphatic rings. The number of aliphatic hydroxyl groups is 1. The minimum Gasteiger partial charge on any atom is -0.395 e. The third-order valence-electron chi connectivity index (χ3n) is 3.55. The first kappa shape index (κ1) is 14.1. The molecule has 4 nitrogen and oxygen atoms in total. The molecule has 0 aromatic carbocycles. The molecule has 0 bridgehead atoms. The largest absolute Gasteiger partial charge is 0.395 e. The maximum atomic E-state index is 12.4. The summed E-state index contributed by atoms with van der Waals surface area (Å²) in [5.74, 6) is -0.444. The molecule has 2 fully saturated rings. The molecule has 1 heterocycles. The number of ether oxygens (including phenoxy) is 2. The second kappa shape index (κ2) is 6.23. The maximum absolute atomic E-state index is 12.4. The van der Waals surface area contributed by atoms with Crippen molar-refractivity contribution in [3.05, 3.63) is 0 Å². The predicted molar refractivity (Wildman–Crippen MR) is 61.6 cm³/mol. The van der Waals surface area contributed by atoms with E-state index >= 15 is 0 Å². The van der Waals surface area contributed by atoms with Crippen LogP contribution in [0.5, 0.6) is 0 Å². The van der Waals surface area contributed by atoms with E-state index in [-0.39, 0.29) is 25.8 Å². The number of aliphatic hydroxyl groups excluding tert-OH is 1. The van der Waals surface area contributed by atoms with E-state index in [1.165, 1.54) is 4.90 Å². The molecule has 1 N–H and O–H groups in total. The summed E-state index contributed by atoms with van der Waals surface area (Å²) in [5, 5.41) is 8.87. The second-order valence-electron chi connectivity index (χ2n) is 5.04. The lowest BCUT2D eigenvalue weighted by Crippen LogP contribution is -2.39. The summed E-state index contributed by atoms with van der Waals surface area (Å²) >= 11 is 0. The van der Waals surface area contributed by atoms with Gasteiger partial charge in [0.2, 0.25) is 0 Å². The van der Waals surface area contributed by atoms with Gasteiger partial charge in [0.1, 0.15) is 0 Å². The summed E-state index contributed by atoms with van der Waals surface area (Å²) in [4.78, 5) is 1.53. The van der Waals surface area contributed by atoms with E-state index in [9.17, 15) is 8.78 Å². The monoisotopic (exact) mass is 265 g/mol. The molecule has 0 amide bonds. The van der Waals surface area contributed by atoms with Gasteiger partial charge < -0.3 is 14.6 Å². The van der Waals surface area contributed by atoms with Crippen LogP contribution >= 0.6 is 0 Å². The lowest BCUT2D eigenvalue weighted by Gasteiger charge is -2.25. The van der Waals surface area contributed by atoms with Crippen LogP contribution in [0.15, 0.2) is 0 Å². The molecule has 2 rings (SSSR count). The minimum atomic E-state index is -2.39. The van der Waals surface area contributed by atoms with Crippen molar-refractivity contribution in [1.82, 2.24) is 4.90 Å². The fourth-order valence-electron chi connectivity index (χ4n) is 2.76. The Labute approximate surface area is 106 Å². The number of alkyl halides is 2. The van der Waals surface area contributed by atoms with Crippen LogP contribution < -0.4 is 0 Å². The lowest BCUT2D eigenvalue weighted by atomic mass is 10.2. The van der Waals surface area contributed by atoms with Crippen LogP contribution in [-0.2, 0) is 9.47 Å². The van der Waals surface area contributed by atoms with Crippen LogP contribution in [0, 0.1) is 0 Å². The van der Waals surface area contributed by atoms with Gasteiger partial charge >= 0.3 is 0 Å². The van der Waals surface area contributed by atoms with E-state index in [0.29, 0.717) is 13.2 Å². The van der Waals surface area contributed by atoms with Gasteiger partial charge in [0.05, 0.1) is 25.9 Å². The summed E-state index contributed by atoms with van der Waals surface area (Å²) in [5.41, 5.74) is 0. The van der Waals surface area contributed by atoms with Crippen molar-refractivity contribution in [2.75, 3.05) is 32.8 Å². The predicted octanol–water partition coefficient (Wildman–Crippen LogP) is 1.23. The van der Waals surface area contributed by atoms with Crippen LogP contribution in [0.3, 0.4) is 0 Å². The van der Waals surface area contributed by atoms with Gasteiger partial charge in [0.15, 0.2) is 5.79 Å². The molecule has 1 spiro atoms. The number of halogens is 2. The molecule has 1 saturated carbocycles. The summed E-state index contributed by atoms with van der Waals surface area (Å²) in [7, 11) is 0. The zero-order valence-electron chi connectivity index (χ0n) is 10.5. The van der Waals surface area contributed by atoms with Crippen LogP contribution in [0.25, 0.3) is 0 Å². The normalized spacial score (nSPS) is 26.8. The van der Waals surface area contributed by atoms with Crippen molar-refractivity contribution in [3.8, 4) is 0 Å². The average molecular weight is 265 g/mol. The van der Waals surface area contributed by atoms with Gasteiger partial charge in [-0.15, -0.1) is 0 Å². The van der Waals surface area contributed by atoms with E-state index in [0.717, 1.165) is 25.7 Å². The van der Waals surface area contributed by atoms with Gasteiger partial charge in [0, 0.05) is 25.9 Å². The Kier molecular flexibility index (Phi) is 4.89. The lowest BCUT2D eigenvalue weighted by molar-refractivity contribution is -0.163. The topological polar surface area (TPSA) is 41.9 Å². The first-order valence-corrected chi connectivity index (χ1v) is 6.57. The molecule has 1 atom stereocenters. The molecular weight excluding hydrogens is 244 g/mol. The molecular formula is C12H21F2NO3. The molecule has 0 aromatic rings.